The van der Waals surface area contributed by atoms with Crippen LogP contribution in [-0.4, -0.2) is 41.6 Å². The summed E-state index contributed by atoms with van der Waals surface area (Å²) in [6.45, 7) is 5.63. The molecule has 1 aliphatic rings. The third-order valence-corrected chi connectivity index (χ3v) is 7.40. The highest BCUT2D eigenvalue weighted by Crippen LogP contribution is 2.35. The Labute approximate surface area is 170 Å². The molecule has 1 saturated heterocycles. The summed E-state index contributed by atoms with van der Waals surface area (Å²) in [6, 6.07) is 12.5. The number of aromatic amines is 1. The predicted molar refractivity (Wildman–Crippen MR) is 111 cm³/mol. The topological polar surface area (TPSA) is 56.0 Å². The van der Waals surface area contributed by atoms with Crippen LogP contribution in [0.1, 0.15) is 5.56 Å². The van der Waals surface area contributed by atoms with Crippen LogP contribution in [0, 0.1) is 6.92 Å². The van der Waals surface area contributed by atoms with Crippen molar-refractivity contribution in [1.29, 1.82) is 0 Å². The number of rotatable bonds is 3. The molecule has 1 fully saturated rings. The van der Waals surface area contributed by atoms with Crippen molar-refractivity contribution < 1.29 is 18.3 Å². The number of nitrogens with zero attached hydrogens (tertiary/aromatic N) is 1. The van der Waals surface area contributed by atoms with Crippen LogP contribution in [0.5, 0.6) is 0 Å². The largest absolute Gasteiger partial charge is 0.358 e. The molecular formula is C21H24ClN3O2S+2. The zero-order valence-electron chi connectivity index (χ0n) is 16.0. The molecule has 1 aromatic heterocycles. The number of fused-ring (bicyclic) bond motifs is 1. The van der Waals surface area contributed by atoms with Gasteiger partial charge in [0.1, 0.15) is 0 Å². The molecule has 0 bridgehead atoms. The number of aromatic nitrogens is 1. The van der Waals surface area contributed by atoms with E-state index >= 15 is 0 Å². The Kier molecular flexibility index (Phi) is 5.04. The van der Waals surface area contributed by atoms with Crippen LogP contribution >= 0.6 is 11.6 Å². The van der Waals surface area contributed by atoms with Gasteiger partial charge in [0.05, 0.1) is 49.2 Å². The van der Waals surface area contributed by atoms with Gasteiger partial charge < -0.3 is 9.80 Å². The monoisotopic (exact) mass is 417 g/mol. The second-order valence-electron chi connectivity index (χ2n) is 7.45. The molecule has 7 heteroatoms. The van der Waals surface area contributed by atoms with Crippen molar-refractivity contribution in [3.05, 3.63) is 59.2 Å². The maximum atomic E-state index is 13.5. The van der Waals surface area contributed by atoms with Crippen LogP contribution in [0.2, 0.25) is 5.02 Å². The zero-order valence-corrected chi connectivity index (χ0v) is 17.6. The second-order valence-corrected chi connectivity index (χ2v) is 9.81. The van der Waals surface area contributed by atoms with Crippen LogP contribution in [0.25, 0.3) is 10.9 Å². The summed E-state index contributed by atoms with van der Waals surface area (Å²) in [5.74, 6) is 0. The van der Waals surface area contributed by atoms with Crippen LogP contribution in [0.3, 0.4) is 0 Å². The molecule has 0 unspecified atom stereocenters. The molecule has 3 aromatic rings. The highest BCUT2D eigenvalue weighted by atomic mass is 35.5. The van der Waals surface area contributed by atoms with Gasteiger partial charge in [-0.25, -0.2) is 13.4 Å². The quantitative estimate of drug-likeness (QED) is 0.706. The summed E-state index contributed by atoms with van der Waals surface area (Å²) in [5, 5.41) is 1.46. The van der Waals surface area contributed by atoms with E-state index in [9.17, 15) is 8.42 Å². The second kappa shape index (κ2) is 7.35. The molecule has 0 aliphatic carbocycles. The molecule has 5 nitrogen and oxygen atoms in total. The molecule has 4 rings (SSSR count). The molecule has 0 saturated carbocycles. The molecule has 2 aromatic carbocycles. The first-order valence-corrected chi connectivity index (χ1v) is 11.2. The van der Waals surface area contributed by atoms with Crippen LogP contribution in [0.4, 0.5) is 5.69 Å². The van der Waals surface area contributed by atoms with E-state index in [1.54, 1.807) is 30.5 Å². The Morgan fingerprint density at radius 2 is 1.75 bits per heavy atom. The van der Waals surface area contributed by atoms with Gasteiger partial charge in [-0.05, 0) is 42.8 Å². The Bertz CT molecular complexity index is 1120. The lowest BCUT2D eigenvalue weighted by Gasteiger charge is -2.33. The fraction of sp³-hybridized carbons (Fsp3) is 0.286. The van der Waals surface area contributed by atoms with Crippen molar-refractivity contribution >= 4 is 38.0 Å². The number of pyridine rings is 1. The maximum Gasteiger partial charge on any atom is 0.214 e. The number of piperazine rings is 1. The fourth-order valence-corrected chi connectivity index (χ4v) is 5.29. The number of quaternary nitrogens is 1. The number of likely N-dealkylation sites (N-methyl/N-ethyl adjacent to an activating group) is 1. The van der Waals surface area contributed by atoms with E-state index in [0.29, 0.717) is 9.92 Å². The van der Waals surface area contributed by atoms with Gasteiger partial charge in [0.25, 0.3) is 0 Å². The minimum atomic E-state index is -3.69. The van der Waals surface area contributed by atoms with Crippen LogP contribution < -0.4 is 14.8 Å². The number of halogens is 1. The minimum absolute atomic E-state index is 0.248. The van der Waals surface area contributed by atoms with Crippen molar-refractivity contribution in [2.45, 2.75) is 16.7 Å². The van der Waals surface area contributed by atoms with E-state index < -0.39 is 9.84 Å². The zero-order chi connectivity index (χ0) is 19.9. The van der Waals surface area contributed by atoms with E-state index in [2.05, 4.69) is 23.0 Å². The number of aryl methyl sites for hydroxylation is 1. The predicted octanol–water partition coefficient (Wildman–Crippen LogP) is 1.78. The van der Waals surface area contributed by atoms with Gasteiger partial charge in [-0.1, -0.05) is 17.7 Å². The van der Waals surface area contributed by atoms with Gasteiger partial charge in [0, 0.05) is 11.1 Å². The van der Waals surface area contributed by atoms with Gasteiger partial charge in [-0.3, -0.25) is 0 Å². The summed E-state index contributed by atoms with van der Waals surface area (Å²) in [6.07, 6.45) is 1.63. The first kappa shape index (κ1) is 19.2. The molecule has 1 aliphatic heterocycles. The first-order chi connectivity index (χ1) is 13.4. The van der Waals surface area contributed by atoms with Crippen molar-refractivity contribution in [3.8, 4) is 0 Å². The molecular weight excluding hydrogens is 394 g/mol. The number of hydrogen-bond donors (Lipinski definition) is 1. The number of nitrogens with one attached hydrogen (secondary N) is 2. The van der Waals surface area contributed by atoms with Gasteiger partial charge in [0.2, 0.25) is 15.4 Å². The van der Waals surface area contributed by atoms with E-state index in [0.717, 1.165) is 48.3 Å². The highest BCUT2D eigenvalue weighted by Gasteiger charge is 2.31. The van der Waals surface area contributed by atoms with Crippen LogP contribution in [0.15, 0.2) is 58.5 Å². The van der Waals surface area contributed by atoms with Crippen molar-refractivity contribution in [2.24, 2.45) is 0 Å². The van der Waals surface area contributed by atoms with Crippen molar-refractivity contribution in [3.63, 3.8) is 0 Å². The summed E-state index contributed by atoms with van der Waals surface area (Å²) >= 11 is 5.96. The highest BCUT2D eigenvalue weighted by molar-refractivity contribution is 7.91. The summed E-state index contributed by atoms with van der Waals surface area (Å²) in [4.78, 5) is 7.42. The Hall–Kier alpha value is -2.15. The number of benzene rings is 2. The van der Waals surface area contributed by atoms with Gasteiger partial charge in [0.15, 0.2) is 11.1 Å². The average Bonchev–Trinajstić information content (AvgIpc) is 2.68. The number of sulfone groups is 1. The lowest BCUT2D eigenvalue weighted by atomic mass is 10.1. The van der Waals surface area contributed by atoms with Gasteiger partial charge in [-0.2, -0.15) is 0 Å². The van der Waals surface area contributed by atoms with E-state index in [1.807, 2.05) is 19.1 Å². The number of hydrogen-bond acceptors (Lipinski definition) is 3. The third-order valence-electron chi connectivity index (χ3n) is 5.37. The van der Waals surface area contributed by atoms with Crippen molar-refractivity contribution in [1.82, 2.24) is 0 Å². The van der Waals surface area contributed by atoms with Crippen molar-refractivity contribution in [2.75, 3.05) is 38.1 Å². The molecule has 2 heterocycles. The van der Waals surface area contributed by atoms with E-state index in [-0.39, 0.29) is 4.90 Å². The lowest BCUT2D eigenvalue weighted by Crippen LogP contribution is -3.12. The lowest BCUT2D eigenvalue weighted by molar-refractivity contribution is -0.880. The van der Waals surface area contributed by atoms with E-state index in [1.165, 1.54) is 4.90 Å². The van der Waals surface area contributed by atoms with Gasteiger partial charge >= 0.3 is 0 Å². The normalized spacial score (nSPS) is 15.9. The standard InChI is InChI=1S/C21H22ClN3O2S/c1-15-3-8-19-18(13-15)21(25-11-9-24(2)10-12-25)20(14-23-19)28(26,27)17-6-4-16(22)5-7-17/h3-8,13-14H,9-12H2,1-2H3/p+2. The first-order valence-electron chi connectivity index (χ1n) is 9.38. The van der Waals surface area contributed by atoms with Gasteiger partial charge in [-0.15, -0.1) is 0 Å². The van der Waals surface area contributed by atoms with Crippen LogP contribution in [-0.2, 0) is 9.84 Å². The number of anilines is 1. The molecule has 0 atom stereocenters. The molecule has 0 spiro atoms. The maximum absolute atomic E-state index is 13.5. The molecule has 0 amide bonds. The summed E-state index contributed by atoms with van der Waals surface area (Å²) in [7, 11) is -1.52. The Morgan fingerprint density at radius 1 is 1.07 bits per heavy atom. The molecule has 28 heavy (non-hydrogen) atoms. The fourth-order valence-electron chi connectivity index (χ4n) is 3.71. The average molecular weight is 418 g/mol. The molecule has 0 radical (unpaired) electrons. The smallest absolute Gasteiger partial charge is 0.214 e. The van der Waals surface area contributed by atoms with E-state index in [4.69, 9.17) is 11.6 Å². The molecule has 146 valence electrons. The third kappa shape index (κ3) is 3.48. The SMILES string of the molecule is Cc1ccc2[nH+]cc(S(=O)(=O)c3ccc(Cl)cc3)c(N3CC[NH+](C)CC3)c2c1. The summed E-state index contributed by atoms with van der Waals surface area (Å²) < 4.78 is 27.0. The minimum Gasteiger partial charge on any atom is -0.358 e. The molecule has 2 N–H and O–H groups in total. The Balaban J connectivity index is 1.95. The summed E-state index contributed by atoms with van der Waals surface area (Å²) in [5.41, 5.74) is 2.82. The number of H-pyrrole nitrogens is 1. The Morgan fingerprint density at radius 3 is 2.43 bits per heavy atom.